The van der Waals surface area contributed by atoms with Crippen molar-refractivity contribution in [2.24, 2.45) is 5.10 Å². The maximum Gasteiger partial charge on any atom is 0.344 e. The number of hydrazone groups is 1. The Morgan fingerprint density at radius 1 is 1.23 bits per heavy atom. The minimum atomic E-state index is -1.00. The largest absolute Gasteiger partial charge is 0.479 e. The normalized spacial score (nSPS) is 12.0. The first-order valence-corrected chi connectivity index (χ1v) is 8.79. The van der Waals surface area contributed by atoms with E-state index in [0.29, 0.717) is 10.9 Å². The number of thiazole rings is 1. The van der Waals surface area contributed by atoms with Crippen molar-refractivity contribution in [1.82, 2.24) is 4.98 Å². The van der Waals surface area contributed by atoms with Crippen LogP contribution in [0.25, 0.3) is 11.3 Å². The van der Waals surface area contributed by atoms with E-state index in [2.05, 4.69) is 15.5 Å². The molecule has 1 heterocycles. The summed E-state index contributed by atoms with van der Waals surface area (Å²) >= 11 is 1.48. The summed E-state index contributed by atoms with van der Waals surface area (Å²) in [5, 5.41) is 15.7. The fourth-order valence-electron chi connectivity index (χ4n) is 2.12. The number of nitrogens with zero attached hydrogens (tertiary/aromatic N) is 2. The summed E-state index contributed by atoms with van der Waals surface area (Å²) in [5.74, 6) is -0.504. The molecule has 0 spiro atoms. The summed E-state index contributed by atoms with van der Waals surface area (Å²) in [6, 6.07) is 17.0. The molecule has 3 rings (SSSR count). The molecular weight excluding hydrogens is 350 g/mol. The number of carboxylic acid groups (broad SMARTS) is 1. The number of anilines is 1. The van der Waals surface area contributed by atoms with Gasteiger partial charge >= 0.3 is 5.97 Å². The zero-order valence-corrected chi connectivity index (χ0v) is 14.8. The van der Waals surface area contributed by atoms with E-state index in [9.17, 15) is 4.79 Å². The van der Waals surface area contributed by atoms with Crippen LogP contribution in [0.15, 0.2) is 65.1 Å². The summed E-state index contributed by atoms with van der Waals surface area (Å²) in [7, 11) is 0. The van der Waals surface area contributed by atoms with E-state index in [1.54, 1.807) is 30.5 Å². The Hall–Kier alpha value is -3.19. The maximum atomic E-state index is 10.8. The Morgan fingerprint density at radius 2 is 1.96 bits per heavy atom. The number of hydrogen-bond donors (Lipinski definition) is 2. The molecular formula is C19H17N3O3S. The summed E-state index contributed by atoms with van der Waals surface area (Å²) in [5.41, 5.74) is 5.73. The molecule has 1 aromatic heterocycles. The number of carboxylic acids is 1. The second-order valence-electron chi connectivity index (χ2n) is 5.44. The number of rotatable bonds is 7. The molecule has 1 atom stereocenters. The predicted octanol–water partition coefficient (Wildman–Crippen LogP) is 4.11. The van der Waals surface area contributed by atoms with Crippen LogP contribution < -0.4 is 10.2 Å². The molecule has 7 heteroatoms. The average Bonchev–Trinajstić information content (AvgIpc) is 3.13. The maximum absolute atomic E-state index is 10.8. The van der Waals surface area contributed by atoms with Gasteiger partial charge in [-0.15, -0.1) is 11.3 Å². The topological polar surface area (TPSA) is 83.8 Å². The lowest BCUT2D eigenvalue weighted by Crippen LogP contribution is -2.22. The Morgan fingerprint density at radius 3 is 2.65 bits per heavy atom. The van der Waals surface area contributed by atoms with E-state index in [-0.39, 0.29) is 0 Å². The van der Waals surface area contributed by atoms with Gasteiger partial charge in [-0.1, -0.05) is 30.3 Å². The Balaban J connectivity index is 1.57. The Kier molecular flexibility index (Phi) is 5.60. The monoisotopic (exact) mass is 367 g/mol. The van der Waals surface area contributed by atoms with E-state index in [0.717, 1.165) is 16.8 Å². The molecule has 0 aliphatic carbocycles. The Labute approximate surface area is 154 Å². The van der Waals surface area contributed by atoms with Crippen molar-refractivity contribution < 1.29 is 14.6 Å². The number of nitrogens with one attached hydrogen (secondary N) is 1. The van der Waals surface area contributed by atoms with Crippen LogP contribution >= 0.6 is 11.3 Å². The third-order valence-corrected chi connectivity index (χ3v) is 4.24. The Bertz CT molecular complexity index is 892. The van der Waals surface area contributed by atoms with E-state index in [1.807, 2.05) is 35.7 Å². The van der Waals surface area contributed by atoms with Gasteiger partial charge in [0.05, 0.1) is 11.9 Å². The van der Waals surface area contributed by atoms with Gasteiger partial charge in [0.25, 0.3) is 0 Å². The number of aliphatic carboxylic acids is 1. The lowest BCUT2D eigenvalue weighted by Gasteiger charge is -2.09. The van der Waals surface area contributed by atoms with Gasteiger partial charge in [0.15, 0.2) is 6.10 Å². The van der Waals surface area contributed by atoms with Gasteiger partial charge < -0.3 is 9.84 Å². The highest BCUT2D eigenvalue weighted by Gasteiger charge is 2.11. The van der Waals surface area contributed by atoms with Crippen LogP contribution in [-0.4, -0.2) is 28.4 Å². The summed E-state index contributed by atoms with van der Waals surface area (Å²) in [6.45, 7) is 1.49. The number of ether oxygens (including phenoxy) is 1. The molecule has 0 saturated heterocycles. The van der Waals surface area contributed by atoms with Gasteiger partial charge in [-0.3, -0.25) is 5.43 Å². The van der Waals surface area contributed by atoms with Crippen LogP contribution in [0.4, 0.5) is 5.13 Å². The SMILES string of the molecule is CC(Oc1ccc(C=NNc2nc(-c3ccccc3)cs2)cc1)C(=O)O. The number of aromatic nitrogens is 1. The molecule has 2 N–H and O–H groups in total. The average molecular weight is 367 g/mol. The van der Waals surface area contributed by atoms with Crippen LogP contribution in [0.5, 0.6) is 5.75 Å². The highest BCUT2D eigenvalue weighted by Crippen LogP contribution is 2.24. The van der Waals surface area contributed by atoms with Crippen molar-refractivity contribution in [3.05, 3.63) is 65.5 Å². The third-order valence-electron chi connectivity index (χ3n) is 3.49. The second-order valence-corrected chi connectivity index (χ2v) is 6.30. The van der Waals surface area contributed by atoms with Gasteiger partial charge in [-0.05, 0) is 36.8 Å². The minimum Gasteiger partial charge on any atom is -0.479 e. The first kappa shape index (κ1) is 17.6. The highest BCUT2D eigenvalue weighted by molar-refractivity contribution is 7.14. The zero-order chi connectivity index (χ0) is 18.4. The molecule has 0 fully saturated rings. The van der Waals surface area contributed by atoms with Crippen molar-refractivity contribution in [3.63, 3.8) is 0 Å². The minimum absolute atomic E-state index is 0.498. The first-order valence-electron chi connectivity index (χ1n) is 7.91. The zero-order valence-electron chi connectivity index (χ0n) is 14.0. The number of benzene rings is 2. The van der Waals surface area contributed by atoms with E-state index >= 15 is 0 Å². The summed E-state index contributed by atoms with van der Waals surface area (Å²) in [4.78, 5) is 15.3. The fraction of sp³-hybridized carbons (Fsp3) is 0.105. The predicted molar refractivity (Wildman–Crippen MR) is 103 cm³/mol. The van der Waals surface area contributed by atoms with Crippen LogP contribution in [0, 0.1) is 0 Å². The molecule has 2 aromatic carbocycles. The molecule has 6 nitrogen and oxygen atoms in total. The summed E-state index contributed by atoms with van der Waals surface area (Å²) < 4.78 is 5.28. The molecule has 0 bridgehead atoms. The second kappa shape index (κ2) is 8.26. The van der Waals surface area contributed by atoms with Crippen molar-refractivity contribution >= 4 is 28.7 Å². The quantitative estimate of drug-likeness (QED) is 0.485. The van der Waals surface area contributed by atoms with E-state index in [4.69, 9.17) is 9.84 Å². The molecule has 0 aliphatic heterocycles. The van der Waals surface area contributed by atoms with Crippen LogP contribution in [0.2, 0.25) is 0 Å². The van der Waals surface area contributed by atoms with E-state index < -0.39 is 12.1 Å². The lowest BCUT2D eigenvalue weighted by molar-refractivity contribution is -0.144. The van der Waals surface area contributed by atoms with Crippen molar-refractivity contribution in [2.45, 2.75) is 13.0 Å². The van der Waals surface area contributed by atoms with Gasteiger partial charge in [0.1, 0.15) is 5.75 Å². The third kappa shape index (κ3) is 4.67. The summed E-state index contributed by atoms with van der Waals surface area (Å²) in [6.07, 6.45) is 0.772. The number of hydrogen-bond acceptors (Lipinski definition) is 6. The first-order chi connectivity index (χ1) is 12.6. The van der Waals surface area contributed by atoms with Crippen LogP contribution in [0.3, 0.4) is 0 Å². The molecule has 26 heavy (non-hydrogen) atoms. The molecule has 3 aromatic rings. The van der Waals surface area contributed by atoms with Gasteiger partial charge in [0, 0.05) is 10.9 Å². The van der Waals surface area contributed by atoms with Gasteiger partial charge in [0.2, 0.25) is 5.13 Å². The van der Waals surface area contributed by atoms with E-state index in [1.165, 1.54) is 18.3 Å². The fourth-order valence-corrected chi connectivity index (χ4v) is 2.78. The molecule has 0 saturated carbocycles. The molecule has 0 aliphatic rings. The van der Waals surface area contributed by atoms with Crippen molar-refractivity contribution in [1.29, 1.82) is 0 Å². The molecule has 1 unspecified atom stereocenters. The molecule has 0 radical (unpaired) electrons. The van der Waals surface area contributed by atoms with Crippen LogP contribution in [-0.2, 0) is 4.79 Å². The molecule has 132 valence electrons. The smallest absolute Gasteiger partial charge is 0.344 e. The van der Waals surface area contributed by atoms with Crippen molar-refractivity contribution in [3.8, 4) is 17.0 Å². The van der Waals surface area contributed by atoms with Gasteiger partial charge in [-0.25, -0.2) is 9.78 Å². The van der Waals surface area contributed by atoms with Crippen molar-refractivity contribution in [2.75, 3.05) is 5.43 Å². The lowest BCUT2D eigenvalue weighted by atomic mass is 10.2. The molecule has 0 amide bonds. The van der Waals surface area contributed by atoms with Gasteiger partial charge in [-0.2, -0.15) is 5.10 Å². The number of carbonyl (C=O) groups is 1. The standard InChI is InChI=1S/C19H17N3O3S/c1-13(18(23)24)25-16-9-7-14(8-10-16)11-20-22-19-21-17(12-26-19)15-5-3-2-4-6-15/h2-13H,1H3,(H,21,22)(H,23,24). The highest BCUT2D eigenvalue weighted by atomic mass is 32.1. The van der Waals surface area contributed by atoms with Crippen LogP contribution in [0.1, 0.15) is 12.5 Å².